The Balaban J connectivity index is 1.47. The minimum absolute atomic E-state index is 0.0320. The van der Waals surface area contributed by atoms with E-state index in [1.165, 1.54) is 11.1 Å². The number of carbonyl (C=O) groups is 1. The number of rotatable bonds is 6. The predicted octanol–water partition coefficient (Wildman–Crippen LogP) is 2.62. The maximum Gasteiger partial charge on any atom is 0.220 e. The van der Waals surface area contributed by atoms with Crippen molar-refractivity contribution in [2.75, 3.05) is 19.6 Å². The summed E-state index contributed by atoms with van der Waals surface area (Å²) in [6.45, 7) is 4.57. The monoisotopic (exact) mass is 325 g/mol. The Hall–Kier alpha value is -2.40. The molecule has 1 amide bonds. The molecule has 2 aromatic rings. The van der Waals surface area contributed by atoms with Crippen LogP contribution in [0.1, 0.15) is 24.3 Å². The molecule has 1 aliphatic rings. The number of carbonyl (C=O) groups excluding carboxylic acids is 1. The molecule has 3 rings (SSSR count). The van der Waals surface area contributed by atoms with Gasteiger partial charge in [0.05, 0.1) is 6.20 Å². The second-order valence-electron chi connectivity index (χ2n) is 6.08. The van der Waals surface area contributed by atoms with Gasteiger partial charge in [-0.2, -0.15) is 0 Å². The first-order chi connectivity index (χ1) is 11.7. The van der Waals surface area contributed by atoms with Gasteiger partial charge in [-0.15, -0.1) is 0 Å². The molecule has 24 heavy (non-hydrogen) atoms. The molecule has 0 radical (unpaired) electrons. The van der Waals surface area contributed by atoms with Crippen molar-refractivity contribution in [3.63, 3.8) is 0 Å². The van der Waals surface area contributed by atoms with E-state index in [-0.39, 0.29) is 5.91 Å². The number of nitrogens with one attached hydrogen (secondary N) is 2. The van der Waals surface area contributed by atoms with E-state index < -0.39 is 0 Å². The first-order valence-corrected chi connectivity index (χ1v) is 8.38. The topological polar surface area (TPSA) is 67.2 Å². The number of hydrogen-bond donors (Lipinski definition) is 2. The molecule has 1 aromatic heterocycles. The Labute approximate surface area is 142 Å². The summed E-state index contributed by atoms with van der Waals surface area (Å²) in [5.74, 6) is 1.37. The molecule has 0 fully saturated rings. The molecule has 0 aliphatic carbocycles. The number of aryl methyl sites for hydroxylation is 2. The Morgan fingerprint density at radius 1 is 1.33 bits per heavy atom. The zero-order valence-electron chi connectivity index (χ0n) is 14.0. The SMILES string of the molecule is Cc1ccc(-c2cnc(CCC(=O)NCC3=CCNCC3)o2)cc1. The van der Waals surface area contributed by atoms with Crippen molar-refractivity contribution < 1.29 is 9.21 Å². The second kappa shape index (κ2) is 7.93. The van der Waals surface area contributed by atoms with Crippen LogP contribution < -0.4 is 10.6 Å². The number of hydrogen-bond acceptors (Lipinski definition) is 4. The molecule has 0 spiro atoms. The third-order valence-electron chi connectivity index (χ3n) is 4.13. The first kappa shape index (κ1) is 16.5. The lowest BCUT2D eigenvalue weighted by molar-refractivity contribution is -0.120. The summed E-state index contributed by atoms with van der Waals surface area (Å²) in [5, 5.41) is 6.22. The van der Waals surface area contributed by atoms with E-state index in [2.05, 4.69) is 21.7 Å². The molecule has 1 aromatic carbocycles. The van der Waals surface area contributed by atoms with E-state index in [9.17, 15) is 4.79 Å². The minimum atomic E-state index is 0.0320. The summed E-state index contributed by atoms with van der Waals surface area (Å²) in [4.78, 5) is 16.2. The van der Waals surface area contributed by atoms with Gasteiger partial charge in [-0.25, -0.2) is 4.98 Å². The summed E-state index contributed by atoms with van der Waals surface area (Å²) >= 11 is 0. The summed E-state index contributed by atoms with van der Waals surface area (Å²) in [6.07, 6.45) is 5.76. The lowest BCUT2D eigenvalue weighted by Crippen LogP contribution is -2.29. The lowest BCUT2D eigenvalue weighted by Gasteiger charge is -2.14. The highest BCUT2D eigenvalue weighted by Crippen LogP contribution is 2.21. The highest BCUT2D eigenvalue weighted by molar-refractivity contribution is 5.76. The number of aromatic nitrogens is 1. The molecular weight excluding hydrogens is 302 g/mol. The van der Waals surface area contributed by atoms with Crippen LogP contribution in [0.3, 0.4) is 0 Å². The Kier molecular flexibility index (Phi) is 5.43. The summed E-state index contributed by atoms with van der Waals surface area (Å²) < 4.78 is 5.74. The van der Waals surface area contributed by atoms with Crippen LogP contribution in [-0.2, 0) is 11.2 Å². The van der Waals surface area contributed by atoms with Crippen molar-refractivity contribution in [2.24, 2.45) is 0 Å². The quantitative estimate of drug-likeness (QED) is 0.801. The maximum absolute atomic E-state index is 11.9. The van der Waals surface area contributed by atoms with Crippen molar-refractivity contribution in [3.05, 3.63) is 53.6 Å². The third kappa shape index (κ3) is 4.55. The number of benzene rings is 1. The summed E-state index contributed by atoms with van der Waals surface area (Å²) in [6, 6.07) is 8.11. The molecule has 0 saturated carbocycles. The highest BCUT2D eigenvalue weighted by atomic mass is 16.4. The average molecular weight is 325 g/mol. The average Bonchev–Trinajstić information content (AvgIpc) is 3.09. The van der Waals surface area contributed by atoms with E-state index in [1.54, 1.807) is 6.20 Å². The van der Waals surface area contributed by atoms with E-state index in [0.717, 1.165) is 30.8 Å². The van der Waals surface area contributed by atoms with Gasteiger partial charge >= 0.3 is 0 Å². The smallest absolute Gasteiger partial charge is 0.220 e. The molecule has 0 saturated heterocycles. The van der Waals surface area contributed by atoms with Crippen LogP contribution in [0.5, 0.6) is 0 Å². The van der Waals surface area contributed by atoms with Gasteiger partial charge in [0.25, 0.3) is 0 Å². The van der Waals surface area contributed by atoms with Crippen molar-refractivity contribution in [1.82, 2.24) is 15.6 Å². The molecule has 2 N–H and O–H groups in total. The highest BCUT2D eigenvalue weighted by Gasteiger charge is 2.10. The molecule has 0 bridgehead atoms. The van der Waals surface area contributed by atoms with Crippen LogP contribution in [0.15, 0.2) is 46.5 Å². The van der Waals surface area contributed by atoms with Gasteiger partial charge in [0.1, 0.15) is 0 Å². The van der Waals surface area contributed by atoms with Crippen LogP contribution in [-0.4, -0.2) is 30.5 Å². The van der Waals surface area contributed by atoms with Gasteiger partial charge in [-0.05, 0) is 19.9 Å². The zero-order valence-corrected chi connectivity index (χ0v) is 14.0. The standard InChI is InChI=1S/C19H23N3O2/c1-14-2-4-16(5-3-14)17-13-22-19(24-17)7-6-18(23)21-12-15-8-10-20-11-9-15/h2-5,8,13,20H,6-7,9-12H2,1H3,(H,21,23). The van der Waals surface area contributed by atoms with Gasteiger partial charge in [-0.3, -0.25) is 4.79 Å². The fourth-order valence-corrected chi connectivity index (χ4v) is 2.63. The van der Waals surface area contributed by atoms with Gasteiger partial charge in [0.2, 0.25) is 5.91 Å². The zero-order chi connectivity index (χ0) is 16.8. The Bertz CT molecular complexity index is 716. The molecule has 0 unspecified atom stereocenters. The van der Waals surface area contributed by atoms with Crippen LogP contribution in [0.25, 0.3) is 11.3 Å². The normalized spacial score (nSPS) is 14.3. The van der Waals surface area contributed by atoms with E-state index >= 15 is 0 Å². The van der Waals surface area contributed by atoms with Crippen molar-refractivity contribution >= 4 is 5.91 Å². The Morgan fingerprint density at radius 3 is 2.92 bits per heavy atom. The molecule has 5 nitrogen and oxygen atoms in total. The van der Waals surface area contributed by atoms with Crippen LogP contribution in [0.2, 0.25) is 0 Å². The van der Waals surface area contributed by atoms with Crippen molar-refractivity contribution in [2.45, 2.75) is 26.2 Å². The predicted molar refractivity (Wildman–Crippen MR) is 93.6 cm³/mol. The van der Waals surface area contributed by atoms with Gasteiger partial charge in [0, 0.05) is 31.5 Å². The third-order valence-corrected chi connectivity index (χ3v) is 4.13. The van der Waals surface area contributed by atoms with Crippen molar-refractivity contribution in [1.29, 1.82) is 0 Å². The van der Waals surface area contributed by atoms with E-state index in [0.29, 0.717) is 25.3 Å². The number of oxazole rings is 1. The largest absolute Gasteiger partial charge is 0.441 e. The molecule has 126 valence electrons. The van der Waals surface area contributed by atoms with E-state index in [4.69, 9.17) is 4.42 Å². The maximum atomic E-state index is 11.9. The van der Waals surface area contributed by atoms with E-state index in [1.807, 2.05) is 31.2 Å². The van der Waals surface area contributed by atoms with Gasteiger partial charge < -0.3 is 15.1 Å². The molecule has 0 atom stereocenters. The summed E-state index contributed by atoms with van der Waals surface area (Å²) in [5.41, 5.74) is 3.50. The fraction of sp³-hybridized carbons (Fsp3) is 0.368. The molecule has 1 aliphatic heterocycles. The molecule has 2 heterocycles. The fourth-order valence-electron chi connectivity index (χ4n) is 2.63. The number of amides is 1. The van der Waals surface area contributed by atoms with Crippen LogP contribution in [0, 0.1) is 6.92 Å². The first-order valence-electron chi connectivity index (χ1n) is 8.38. The Morgan fingerprint density at radius 2 is 2.17 bits per heavy atom. The molecule has 5 heteroatoms. The summed E-state index contributed by atoms with van der Waals surface area (Å²) in [7, 11) is 0. The lowest BCUT2D eigenvalue weighted by atomic mass is 10.1. The van der Waals surface area contributed by atoms with Gasteiger partial charge in [0.15, 0.2) is 11.7 Å². The second-order valence-corrected chi connectivity index (χ2v) is 6.08. The van der Waals surface area contributed by atoms with Crippen molar-refractivity contribution in [3.8, 4) is 11.3 Å². The van der Waals surface area contributed by atoms with Crippen LogP contribution in [0.4, 0.5) is 0 Å². The minimum Gasteiger partial charge on any atom is -0.441 e. The number of nitrogens with zero attached hydrogens (tertiary/aromatic N) is 1. The van der Waals surface area contributed by atoms with Crippen LogP contribution >= 0.6 is 0 Å². The van der Waals surface area contributed by atoms with Gasteiger partial charge in [-0.1, -0.05) is 41.5 Å². The molecular formula is C19H23N3O2.